The summed E-state index contributed by atoms with van der Waals surface area (Å²) in [6.45, 7) is 0.736. The van der Waals surface area contributed by atoms with Gasteiger partial charge in [-0.25, -0.2) is 25.3 Å². The van der Waals surface area contributed by atoms with Gasteiger partial charge in [0.25, 0.3) is 3.41 Å². The van der Waals surface area contributed by atoms with Gasteiger partial charge in [0.05, 0.1) is 14.7 Å². The Balaban J connectivity index is 2.44. The third-order valence-electron chi connectivity index (χ3n) is 4.62. The van der Waals surface area contributed by atoms with Crippen LogP contribution < -0.4 is 0 Å². The number of rotatable bonds is 6. The molecule has 0 unspecified atom stereocenters. The topological polar surface area (TPSA) is 102 Å². The van der Waals surface area contributed by atoms with Crippen molar-refractivity contribution in [2.24, 2.45) is 0 Å². The van der Waals surface area contributed by atoms with Crippen molar-refractivity contribution >= 4 is 29.5 Å². The molecule has 0 bridgehead atoms. The smallest absolute Gasteiger partial charge is 0.221 e. The highest BCUT2D eigenvalue weighted by molar-refractivity contribution is 8.25. The number of benzene rings is 3. The molecule has 0 aliphatic carbocycles. The van der Waals surface area contributed by atoms with E-state index >= 15 is 0 Å². The van der Waals surface area contributed by atoms with E-state index in [0.717, 1.165) is 6.92 Å². The van der Waals surface area contributed by atoms with Crippen LogP contribution >= 0.6 is 0 Å². The zero-order valence-corrected chi connectivity index (χ0v) is 17.8. The molecule has 9 heteroatoms. The molecule has 0 amide bonds. The van der Waals surface area contributed by atoms with Crippen LogP contribution in [-0.2, 0) is 29.5 Å². The Morgan fingerprint density at radius 1 is 0.448 bits per heavy atom. The van der Waals surface area contributed by atoms with Crippen LogP contribution in [0.15, 0.2) is 106 Å². The second-order valence-electron chi connectivity index (χ2n) is 6.31. The summed E-state index contributed by atoms with van der Waals surface area (Å²) in [5, 5.41) is 0. The molecule has 3 rings (SSSR count). The maximum atomic E-state index is 13.5. The molecular weight excluding hydrogens is 432 g/mol. The summed E-state index contributed by atoms with van der Waals surface area (Å²) in [5.41, 5.74) is 0. The van der Waals surface area contributed by atoms with Gasteiger partial charge in [-0.05, 0) is 43.3 Å². The molecule has 0 saturated heterocycles. The van der Waals surface area contributed by atoms with Gasteiger partial charge in [-0.15, -0.1) is 0 Å². The van der Waals surface area contributed by atoms with Crippen molar-refractivity contribution in [2.45, 2.75) is 25.0 Å². The van der Waals surface area contributed by atoms with Crippen LogP contribution in [-0.4, -0.2) is 28.7 Å². The first kappa shape index (κ1) is 21.2. The summed E-state index contributed by atoms with van der Waals surface area (Å²) in [6, 6.07) is 20.1. The fraction of sp³-hybridized carbons (Fsp3) is 0.100. The van der Waals surface area contributed by atoms with Crippen molar-refractivity contribution in [3.63, 3.8) is 0 Å². The minimum atomic E-state index is -4.89. The van der Waals surface area contributed by atoms with E-state index in [1.54, 1.807) is 18.2 Å². The number of hydrogen-bond acceptors (Lipinski definition) is 6. The minimum Gasteiger partial charge on any atom is -0.221 e. The molecular formula is C20H18O6S3. The summed E-state index contributed by atoms with van der Waals surface area (Å²) in [6.07, 6.45) is 0. The summed E-state index contributed by atoms with van der Waals surface area (Å²) >= 11 is 0. The zero-order chi connectivity index (χ0) is 21.3. The van der Waals surface area contributed by atoms with Crippen LogP contribution in [0, 0.1) is 0 Å². The van der Waals surface area contributed by atoms with E-state index in [4.69, 9.17) is 0 Å². The van der Waals surface area contributed by atoms with Crippen molar-refractivity contribution < 1.29 is 25.3 Å². The third kappa shape index (κ3) is 3.19. The van der Waals surface area contributed by atoms with Crippen LogP contribution in [0.25, 0.3) is 0 Å². The Morgan fingerprint density at radius 2 is 0.655 bits per heavy atom. The Bertz CT molecular complexity index is 1150. The average molecular weight is 451 g/mol. The summed E-state index contributed by atoms with van der Waals surface area (Å²) in [7, 11) is -14.7. The van der Waals surface area contributed by atoms with Crippen LogP contribution in [0.2, 0.25) is 0 Å². The van der Waals surface area contributed by atoms with Gasteiger partial charge in [0.1, 0.15) is 0 Å². The van der Waals surface area contributed by atoms with Crippen LogP contribution in [0.5, 0.6) is 0 Å². The largest absolute Gasteiger partial charge is 0.282 e. The van der Waals surface area contributed by atoms with E-state index in [1.165, 1.54) is 72.8 Å². The molecule has 0 radical (unpaired) electrons. The van der Waals surface area contributed by atoms with Gasteiger partial charge in [0.2, 0.25) is 29.5 Å². The zero-order valence-electron chi connectivity index (χ0n) is 15.3. The summed E-state index contributed by atoms with van der Waals surface area (Å²) in [4.78, 5) is -1.20. The molecule has 29 heavy (non-hydrogen) atoms. The fourth-order valence-electron chi connectivity index (χ4n) is 2.87. The van der Waals surface area contributed by atoms with Crippen molar-refractivity contribution in [3.8, 4) is 0 Å². The van der Waals surface area contributed by atoms with E-state index in [9.17, 15) is 25.3 Å². The monoisotopic (exact) mass is 450 g/mol. The highest BCUT2D eigenvalue weighted by Crippen LogP contribution is 2.42. The lowest BCUT2D eigenvalue weighted by Crippen LogP contribution is -2.50. The summed E-state index contributed by atoms with van der Waals surface area (Å²) < 4.78 is 78.0. The predicted octanol–water partition coefficient (Wildman–Crippen LogP) is 3.08. The second kappa shape index (κ2) is 7.40. The lowest BCUT2D eigenvalue weighted by molar-refractivity contribution is 0.554. The van der Waals surface area contributed by atoms with Crippen LogP contribution in [0.4, 0.5) is 0 Å². The lowest BCUT2D eigenvalue weighted by Gasteiger charge is -2.29. The molecule has 0 spiro atoms. The number of hydrogen-bond donors (Lipinski definition) is 0. The van der Waals surface area contributed by atoms with Gasteiger partial charge < -0.3 is 0 Å². The third-order valence-corrected chi connectivity index (χ3v) is 14.2. The molecule has 152 valence electrons. The normalized spacial score (nSPS) is 13.1. The second-order valence-corrected chi connectivity index (χ2v) is 14.0. The van der Waals surface area contributed by atoms with E-state index in [-0.39, 0.29) is 0 Å². The van der Waals surface area contributed by atoms with Gasteiger partial charge in [-0.3, -0.25) is 0 Å². The molecule has 3 aromatic rings. The van der Waals surface area contributed by atoms with Gasteiger partial charge in [-0.1, -0.05) is 54.6 Å². The first-order valence-electron chi connectivity index (χ1n) is 8.46. The van der Waals surface area contributed by atoms with E-state index in [1.807, 2.05) is 0 Å². The highest BCUT2D eigenvalue weighted by atomic mass is 32.3. The molecule has 0 aliphatic rings. The van der Waals surface area contributed by atoms with Crippen molar-refractivity contribution in [2.75, 3.05) is 0 Å². The molecule has 3 aromatic carbocycles. The van der Waals surface area contributed by atoms with E-state index in [0.29, 0.717) is 0 Å². The molecule has 6 nitrogen and oxygen atoms in total. The molecule has 0 aliphatic heterocycles. The molecule has 0 N–H and O–H groups in total. The van der Waals surface area contributed by atoms with E-state index in [2.05, 4.69) is 0 Å². The quantitative estimate of drug-likeness (QED) is 0.572. The maximum absolute atomic E-state index is 13.5. The first-order chi connectivity index (χ1) is 13.6. The predicted molar refractivity (Wildman–Crippen MR) is 109 cm³/mol. The Kier molecular flexibility index (Phi) is 5.42. The SMILES string of the molecule is CC(S(=O)(=O)c1ccccc1)(S(=O)(=O)c1ccccc1)S(=O)(=O)c1ccccc1. The molecule has 0 atom stereocenters. The number of sulfone groups is 3. The molecule has 0 heterocycles. The Labute approximate surface area is 170 Å². The van der Waals surface area contributed by atoms with Gasteiger partial charge in [0.15, 0.2) is 0 Å². The van der Waals surface area contributed by atoms with Crippen molar-refractivity contribution in [1.82, 2.24) is 0 Å². The van der Waals surface area contributed by atoms with Crippen LogP contribution in [0.1, 0.15) is 6.92 Å². The minimum absolute atomic E-state index is 0.401. The lowest BCUT2D eigenvalue weighted by atomic mass is 10.4. The van der Waals surface area contributed by atoms with Gasteiger partial charge in [-0.2, -0.15) is 0 Å². The van der Waals surface area contributed by atoms with Crippen molar-refractivity contribution in [1.29, 1.82) is 0 Å². The van der Waals surface area contributed by atoms with Gasteiger partial charge in [0, 0.05) is 0 Å². The standard InChI is InChI=1S/C20H18O6S3/c1-20(27(21,22)17-11-5-2-6-12-17,28(23,24)18-13-7-3-8-14-18)29(25,26)19-15-9-4-10-16-19/h2-16H,1H3. The Hall–Kier alpha value is -2.49. The fourth-order valence-corrected chi connectivity index (χ4v) is 10.9. The molecule has 0 saturated carbocycles. The highest BCUT2D eigenvalue weighted by Gasteiger charge is 2.62. The van der Waals surface area contributed by atoms with Gasteiger partial charge >= 0.3 is 0 Å². The van der Waals surface area contributed by atoms with E-state index < -0.39 is 47.6 Å². The maximum Gasteiger partial charge on any atom is 0.282 e. The van der Waals surface area contributed by atoms with Crippen molar-refractivity contribution in [3.05, 3.63) is 91.0 Å². The Morgan fingerprint density at radius 3 is 0.862 bits per heavy atom. The average Bonchev–Trinajstić information content (AvgIpc) is 2.74. The molecule has 0 aromatic heterocycles. The summed E-state index contributed by atoms with van der Waals surface area (Å²) in [5.74, 6) is 0. The molecule has 0 fully saturated rings. The van der Waals surface area contributed by atoms with Crippen LogP contribution in [0.3, 0.4) is 0 Å². The first-order valence-corrected chi connectivity index (χ1v) is 12.9.